The monoisotopic (exact) mass is 349 g/mol. The number of benzene rings is 1. The number of carboxylic acid groups (broad SMARTS) is 1. The van der Waals surface area contributed by atoms with Gasteiger partial charge in [-0.2, -0.15) is 5.10 Å². The van der Waals surface area contributed by atoms with Crippen LogP contribution in [0.5, 0.6) is 5.75 Å². The summed E-state index contributed by atoms with van der Waals surface area (Å²) in [5.74, 6) is -0.714. The van der Waals surface area contributed by atoms with E-state index < -0.39 is 5.97 Å². The molecule has 7 heteroatoms. The molecule has 0 unspecified atom stereocenters. The van der Waals surface area contributed by atoms with Crippen LogP contribution in [0.2, 0.25) is 0 Å². The molecule has 0 amide bonds. The van der Waals surface area contributed by atoms with Crippen molar-refractivity contribution in [3.63, 3.8) is 0 Å². The van der Waals surface area contributed by atoms with E-state index in [0.717, 1.165) is 18.4 Å². The average Bonchev–Trinajstić information content (AvgIpc) is 2.56. The first-order chi connectivity index (χ1) is 11.5. The fourth-order valence-corrected chi connectivity index (χ4v) is 3.14. The van der Waals surface area contributed by atoms with E-state index in [2.05, 4.69) is 15.8 Å². The SMILES string of the molecule is COc1c(C)ccc(/C=N/NC(=S)NC2CCCCC2)c1C(=O)O. The van der Waals surface area contributed by atoms with Crippen LogP contribution in [0.25, 0.3) is 0 Å². The van der Waals surface area contributed by atoms with E-state index in [4.69, 9.17) is 17.0 Å². The van der Waals surface area contributed by atoms with E-state index in [9.17, 15) is 9.90 Å². The van der Waals surface area contributed by atoms with Crippen molar-refractivity contribution in [2.75, 3.05) is 7.11 Å². The van der Waals surface area contributed by atoms with Crippen molar-refractivity contribution in [3.05, 3.63) is 28.8 Å². The largest absolute Gasteiger partial charge is 0.496 e. The van der Waals surface area contributed by atoms with Crippen molar-refractivity contribution in [1.82, 2.24) is 10.7 Å². The second kappa shape index (κ2) is 8.63. The van der Waals surface area contributed by atoms with Gasteiger partial charge < -0.3 is 15.2 Å². The van der Waals surface area contributed by atoms with Crippen LogP contribution in [0.3, 0.4) is 0 Å². The zero-order chi connectivity index (χ0) is 17.5. The maximum absolute atomic E-state index is 11.5. The molecule has 0 atom stereocenters. The standard InChI is InChI=1S/C17H23N3O3S/c1-11-8-9-12(14(16(21)22)15(11)23-2)10-18-20-17(24)19-13-6-4-3-5-7-13/h8-10,13H,3-7H2,1-2H3,(H,21,22)(H2,19,20,24)/b18-10+. The topological polar surface area (TPSA) is 83.0 Å². The van der Waals surface area contributed by atoms with Gasteiger partial charge in [0.05, 0.1) is 13.3 Å². The second-order valence-electron chi connectivity index (χ2n) is 5.86. The Bertz CT molecular complexity index is 640. The zero-order valence-electron chi connectivity index (χ0n) is 14.0. The molecule has 3 N–H and O–H groups in total. The Labute approximate surface area is 147 Å². The first kappa shape index (κ1) is 18.2. The highest BCUT2D eigenvalue weighted by Crippen LogP contribution is 2.26. The molecule has 0 spiro atoms. The molecule has 1 aromatic rings. The van der Waals surface area contributed by atoms with Gasteiger partial charge in [-0.15, -0.1) is 0 Å². The Morgan fingerprint density at radius 3 is 2.71 bits per heavy atom. The van der Waals surface area contributed by atoms with Gasteiger partial charge in [-0.05, 0) is 37.5 Å². The van der Waals surface area contributed by atoms with E-state index >= 15 is 0 Å². The van der Waals surface area contributed by atoms with Crippen molar-refractivity contribution in [1.29, 1.82) is 0 Å². The second-order valence-corrected chi connectivity index (χ2v) is 6.27. The average molecular weight is 349 g/mol. The number of nitrogens with zero attached hydrogens (tertiary/aromatic N) is 1. The summed E-state index contributed by atoms with van der Waals surface area (Å²) in [6.45, 7) is 1.80. The number of hydrogen-bond acceptors (Lipinski definition) is 4. The van der Waals surface area contributed by atoms with Crippen molar-refractivity contribution < 1.29 is 14.6 Å². The van der Waals surface area contributed by atoms with Crippen molar-refractivity contribution >= 4 is 29.5 Å². The molecular formula is C17H23N3O3S. The number of carboxylic acids is 1. The van der Waals surface area contributed by atoms with Crippen molar-refractivity contribution in [2.24, 2.45) is 5.10 Å². The predicted molar refractivity (Wildman–Crippen MR) is 98.0 cm³/mol. The van der Waals surface area contributed by atoms with Gasteiger partial charge in [0.2, 0.25) is 0 Å². The fourth-order valence-electron chi connectivity index (χ4n) is 2.92. The molecule has 1 aliphatic rings. The Kier molecular flexibility index (Phi) is 6.54. The maximum atomic E-state index is 11.5. The lowest BCUT2D eigenvalue weighted by Crippen LogP contribution is -2.40. The van der Waals surface area contributed by atoms with E-state index in [0.29, 0.717) is 22.5 Å². The van der Waals surface area contributed by atoms with Crippen LogP contribution in [0.1, 0.15) is 53.6 Å². The Morgan fingerprint density at radius 2 is 2.08 bits per heavy atom. The van der Waals surface area contributed by atoms with Crippen LogP contribution in [-0.4, -0.2) is 35.6 Å². The molecular weight excluding hydrogens is 326 g/mol. The molecule has 0 aromatic heterocycles. The minimum absolute atomic E-state index is 0.0919. The number of nitrogens with one attached hydrogen (secondary N) is 2. The summed E-state index contributed by atoms with van der Waals surface area (Å²) in [4.78, 5) is 11.5. The van der Waals surface area contributed by atoms with E-state index in [-0.39, 0.29) is 5.56 Å². The summed E-state index contributed by atoms with van der Waals surface area (Å²) in [7, 11) is 1.46. The molecule has 0 bridgehead atoms. The highest BCUT2D eigenvalue weighted by molar-refractivity contribution is 7.80. The lowest BCUT2D eigenvalue weighted by atomic mass is 9.96. The highest BCUT2D eigenvalue weighted by atomic mass is 32.1. The number of hydrogen-bond donors (Lipinski definition) is 3. The predicted octanol–water partition coefficient (Wildman–Crippen LogP) is 2.83. The number of ether oxygens (including phenoxy) is 1. The molecule has 24 heavy (non-hydrogen) atoms. The molecule has 6 nitrogen and oxygen atoms in total. The highest BCUT2D eigenvalue weighted by Gasteiger charge is 2.17. The molecule has 0 saturated heterocycles. The minimum atomic E-state index is -1.06. The van der Waals surface area contributed by atoms with Gasteiger partial charge in [-0.3, -0.25) is 5.43 Å². The number of hydrazone groups is 1. The summed E-state index contributed by atoms with van der Waals surface area (Å²) >= 11 is 5.23. The molecule has 1 fully saturated rings. The summed E-state index contributed by atoms with van der Waals surface area (Å²) in [6, 6.07) is 3.89. The third-order valence-corrected chi connectivity index (χ3v) is 4.32. The fraction of sp³-hybridized carbons (Fsp3) is 0.471. The molecule has 1 saturated carbocycles. The number of methoxy groups -OCH3 is 1. The molecule has 130 valence electrons. The molecule has 2 rings (SSSR count). The third kappa shape index (κ3) is 4.67. The smallest absolute Gasteiger partial charge is 0.340 e. The summed E-state index contributed by atoms with van der Waals surface area (Å²) in [6.07, 6.45) is 7.39. The van der Waals surface area contributed by atoms with Gasteiger partial charge in [0.15, 0.2) is 5.11 Å². The first-order valence-corrected chi connectivity index (χ1v) is 8.44. The van der Waals surface area contributed by atoms with Crippen LogP contribution in [0.15, 0.2) is 17.2 Å². The Hall–Kier alpha value is -2.15. The van der Waals surface area contributed by atoms with Crippen LogP contribution >= 0.6 is 12.2 Å². The quantitative estimate of drug-likeness (QED) is 0.431. The summed E-state index contributed by atoms with van der Waals surface area (Å²) in [5, 5.41) is 17.2. The lowest BCUT2D eigenvalue weighted by Gasteiger charge is -2.23. The molecule has 0 aliphatic heterocycles. The van der Waals surface area contributed by atoms with E-state index in [1.165, 1.54) is 32.6 Å². The molecule has 1 aliphatic carbocycles. The van der Waals surface area contributed by atoms with Crippen LogP contribution in [0.4, 0.5) is 0 Å². The Morgan fingerprint density at radius 1 is 1.38 bits per heavy atom. The van der Waals surface area contributed by atoms with Crippen molar-refractivity contribution in [2.45, 2.75) is 45.1 Å². The lowest BCUT2D eigenvalue weighted by molar-refractivity contribution is 0.0693. The number of carbonyl (C=O) groups is 1. The van der Waals surface area contributed by atoms with Gasteiger partial charge in [0, 0.05) is 11.6 Å². The van der Waals surface area contributed by atoms with Gasteiger partial charge >= 0.3 is 5.97 Å². The summed E-state index contributed by atoms with van der Waals surface area (Å²) < 4.78 is 5.20. The summed E-state index contributed by atoms with van der Waals surface area (Å²) in [5.41, 5.74) is 4.06. The molecule has 0 heterocycles. The van der Waals surface area contributed by atoms with Crippen molar-refractivity contribution in [3.8, 4) is 5.75 Å². The van der Waals surface area contributed by atoms with Gasteiger partial charge in [0.1, 0.15) is 11.3 Å². The number of thiocarbonyl (C=S) groups is 1. The molecule has 0 radical (unpaired) electrons. The third-order valence-electron chi connectivity index (χ3n) is 4.11. The maximum Gasteiger partial charge on any atom is 0.340 e. The van der Waals surface area contributed by atoms with Gasteiger partial charge in [-0.25, -0.2) is 4.79 Å². The number of aromatic carboxylic acids is 1. The Balaban J connectivity index is 2.03. The van der Waals surface area contributed by atoms with Gasteiger partial charge in [0.25, 0.3) is 0 Å². The van der Waals surface area contributed by atoms with E-state index in [1.807, 2.05) is 0 Å². The number of aryl methyl sites for hydroxylation is 1. The normalized spacial score (nSPS) is 15.2. The van der Waals surface area contributed by atoms with E-state index in [1.54, 1.807) is 19.1 Å². The zero-order valence-corrected chi connectivity index (χ0v) is 14.8. The van der Waals surface area contributed by atoms with Crippen LogP contribution < -0.4 is 15.5 Å². The number of rotatable bonds is 5. The van der Waals surface area contributed by atoms with Gasteiger partial charge in [-0.1, -0.05) is 31.4 Å². The molecule has 1 aromatic carbocycles. The minimum Gasteiger partial charge on any atom is -0.496 e. The first-order valence-electron chi connectivity index (χ1n) is 8.03. The van der Waals surface area contributed by atoms with Crippen LogP contribution in [-0.2, 0) is 0 Å². The van der Waals surface area contributed by atoms with Crippen LogP contribution in [0, 0.1) is 6.92 Å².